The maximum absolute atomic E-state index is 14.2. The Kier molecular flexibility index (Phi) is 5.47. The summed E-state index contributed by atoms with van der Waals surface area (Å²) in [5.74, 6) is -2.32. The molecule has 0 saturated carbocycles. The van der Waals surface area contributed by atoms with Crippen molar-refractivity contribution in [1.29, 1.82) is 0 Å². The maximum Gasteiger partial charge on any atom is 0.274 e. The summed E-state index contributed by atoms with van der Waals surface area (Å²) in [7, 11) is 0. The van der Waals surface area contributed by atoms with Crippen molar-refractivity contribution >= 4 is 38.8 Å². The molecule has 7 nitrogen and oxygen atoms in total. The lowest BCUT2D eigenvalue weighted by Gasteiger charge is -2.22. The third kappa shape index (κ3) is 4.03. The van der Waals surface area contributed by atoms with Crippen LogP contribution in [0.5, 0.6) is 0 Å². The number of amides is 1. The molecule has 1 aliphatic heterocycles. The molecule has 0 spiro atoms. The molecule has 10 heteroatoms. The molecule has 3 N–H and O–H groups in total. The van der Waals surface area contributed by atoms with Crippen LogP contribution in [0, 0.1) is 18.6 Å². The summed E-state index contributed by atoms with van der Waals surface area (Å²) in [6, 6.07) is 8.68. The van der Waals surface area contributed by atoms with Crippen molar-refractivity contribution in [3.8, 4) is 11.4 Å². The zero-order valence-corrected chi connectivity index (χ0v) is 18.5. The summed E-state index contributed by atoms with van der Waals surface area (Å²) >= 11 is 1.58. The Morgan fingerprint density at radius 2 is 1.97 bits per heavy atom. The molecular formula is C23H20F2N6OS. The van der Waals surface area contributed by atoms with Crippen molar-refractivity contribution in [3.63, 3.8) is 0 Å². The summed E-state index contributed by atoms with van der Waals surface area (Å²) in [4.78, 5) is 28.0. The van der Waals surface area contributed by atoms with E-state index in [1.165, 1.54) is 18.3 Å². The van der Waals surface area contributed by atoms with Gasteiger partial charge < -0.3 is 16.0 Å². The number of anilines is 2. The number of aromatic nitrogens is 3. The summed E-state index contributed by atoms with van der Waals surface area (Å²) in [5.41, 5.74) is 7.93. The van der Waals surface area contributed by atoms with Crippen LogP contribution in [-0.2, 0) is 0 Å². The van der Waals surface area contributed by atoms with Crippen molar-refractivity contribution in [1.82, 2.24) is 15.0 Å². The molecule has 0 bridgehead atoms. The van der Waals surface area contributed by atoms with Gasteiger partial charge in [0.2, 0.25) is 0 Å². The van der Waals surface area contributed by atoms with E-state index in [4.69, 9.17) is 5.73 Å². The van der Waals surface area contributed by atoms with Crippen LogP contribution in [0.2, 0.25) is 0 Å². The van der Waals surface area contributed by atoms with Gasteiger partial charge in [-0.2, -0.15) is 0 Å². The van der Waals surface area contributed by atoms with E-state index in [2.05, 4.69) is 25.2 Å². The van der Waals surface area contributed by atoms with Gasteiger partial charge in [0.05, 0.1) is 26.6 Å². The number of fused-ring (bicyclic) bond motifs is 1. The smallest absolute Gasteiger partial charge is 0.274 e. The molecule has 4 aromatic rings. The highest BCUT2D eigenvalue weighted by molar-refractivity contribution is 7.18. The highest BCUT2D eigenvalue weighted by Gasteiger charge is 2.26. The third-order valence-corrected chi connectivity index (χ3v) is 6.44. The molecule has 168 valence electrons. The SMILES string of the molecule is Cc1nc2c(N3CCC(N)C3)c(NC(=O)c3ccnc(-c4c(F)cccc4F)n3)ccc2s1. The van der Waals surface area contributed by atoms with Crippen LogP contribution >= 0.6 is 11.3 Å². The largest absolute Gasteiger partial charge is 0.366 e. The van der Waals surface area contributed by atoms with E-state index in [0.29, 0.717) is 12.2 Å². The zero-order chi connectivity index (χ0) is 23.1. The lowest BCUT2D eigenvalue weighted by Crippen LogP contribution is -2.27. The van der Waals surface area contributed by atoms with Crippen molar-refractivity contribution in [3.05, 3.63) is 64.9 Å². The van der Waals surface area contributed by atoms with Crippen LogP contribution < -0.4 is 16.0 Å². The average molecular weight is 467 g/mol. The number of nitrogens with zero attached hydrogens (tertiary/aromatic N) is 4. The Bertz CT molecular complexity index is 1350. The van der Waals surface area contributed by atoms with E-state index in [0.717, 1.165) is 46.0 Å². The second-order valence-corrected chi connectivity index (χ2v) is 9.09. The number of aryl methyl sites for hydroxylation is 1. The average Bonchev–Trinajstić information content (AvgIpc) is 3.38. The van der Waals surface area contributed by atoms with Crippen LogP contribution in [0.4, 0.5) is 20.2 Å². The van der Waals surface area contributed by atoms with Crippen molar-refractivity contribution in [2.45, 2.75) is 19.4 Å². The second kappa shape index (κ2) is 8.45. The molecule has 1 saturated heterocycles. The second-order valence-electron chi connectivity index (χ2n) is 7.85. The minimum atomic E-state index is -0.801. The fourth-order valence-corrected chi connectivity index (χ4v) is 4.84. The molecule has 2 aromatic heterocycles. The molecule has 5 rings (SSSR count). The Morgan fingerprint density at radius 3 is 2.70 bits per heavy atom. The molecule has 3 heterocycles. The van der Waals surface area contributed by atoms with E-state index >= 15 is 0 Å². The molecule has 1 atom stereocenters. The summed E-state index contributed by atoms with van der Waals surface area (Å²) in [6.07, 6.45) is 2.15. The molecule has 1 fully saturated rings. The van der Waals surface area contributed by atoms with Gasteiger partial charge in [0.1, 0.15) is 22.8 Å². The molecule has 1 amide bonds. The van der Waals surface area contributed by atoms with Crippen molar-refractivity contribution < 1.29 is 13.6 Å². The molecular weight excluding hydrogens is 446 g/mol. The fourth-order valence-electron chi connectivity index (χ4n) is 4.01. The van der Waals surface area contributed by atoms with Gasteiger partial charge in [0.25, 0.3) is 5.91 Å². The summed E-state index contributed by atoms with van der Waals surface area (Å²) in [5, 5.41) is 3.82. The molecule has 0 radical (unpaired) electrons. The van der Waals surface area contributed by atoms with Crippen molar-refractivity contribution in [2.24, 2.45) is 5.73 Å². The summed E-state index contributed by atoms with van der Waals surface area (Å²) < 4.78 is 29.4. The molecule has 2 aromatic carbocycles. The van der Waals surface area contributed by atoms with E-state index in [9.17, 15) is 13.6 Å². The number of hydrogen-bond acceptors (Lipinski definition) is 7. The van der Waals surface area contributed by atoms with Gasteiger partial charge in [-0.15, -0.1) is 11.3 Å². The monoisotopic (exact) mass is 466 g/mol. The number of thiazole rings is 1. The van der Waals surface area contributed by atoms with Gasteiger partial charge in [0, 0.05) is 25.3 Å². The number of rotatable bonds is 4. The first-order chi connectivity index (χ1) is 15.9. The van der Waals surface area contributed by atoms with Gasteiger partial charge in [-0.3, -0.25) is 4.79 Å². The maximum atomic E-state index is 14.2. The van der Waals surface area contributed by atoms with E-state index in [-0.39, 0.29) is 23.1 Å². The Hall–Kier alpha value is -3.50. The summed E-state index contributed by atoms with van der Waals surface area (Å²) in [6.45, 7) is 3.35. The van der Waals surface area contributed by atoms with Crippen molar-refractivity contribution in [2.75, 3.05) is 23.3 Å². The minimum absolute atomic E-state index is 0.0127. The zero-order valence-electron chi connectivity index (χ0n) is 17.7. The van der Waals surface area contributed by atoms with Crippen LogP contribution in [0.25, 0.3) is 21.6 Å². The first kappa shape index (κ1) is 21.4. The van der Waals surface area contributed by atoms with Gasteiger partial charge in [-0.05, 0) is 43.7 Å². The normalized spacial score (nSPS) is 15.9. The van der Waals surface area contributed by atoms with Crippen LogP contribution in [0.3, 0.4) is 0 Å². The first-order valence-electron chi connectivity index (χ1n) is 10.4. The fraction of sp³-hybridized carbons (Fsp3) is 0.217. The van der Waals surface area contributed by atoms with E-state index < -0.39 is 17.5 Å². The van der Waals surface area contributed by atoms with Crippen LogP contribution in [0.1, 0.15) is 21.9 Å². The van der Waals surface area contributed by atoms with Gasteiger partial charge in [0.15, 0.2) is 5.82 Å². The highest BCUT2D eigenvalue weighted by Crippen LogP contribution is 2.38. The standard InChI is InChI=1S/C23H20F2N6OS/c1-12-28-20-18(33-12)6-5-16(21(20)31-10-8-13(26)11-31)30-23(32)17-7-9-27-22(29-17)19-14(24)3-2-4-15(19)25/h2-7,9,13H,8,10-11,26H2,1H3,(H,30,32). The Balaban J connectivity index is 1.51. The Morgan fingerprint density at radius 1 is 1.18 bits per heavy atom. The number of nitrogens with two attached hydrogens (primary N) is 1. The molecule has 33 heavy (non-hydrogen) atoms. The topological polar surface area (TPSA) is 97.0 Å². The predicted octanol–water partition coefficient (Wildman–Crippen LogP) is 4.13. The lowest BCUT2D eigenvalue weighted by atomic mass is 10.1. The number of carbonyl (C=O) groups excluding carboxylic acids is 1. The van der Waals surface area contributed by atoms with Gasteiger partial charge in [-0.25, -0.2) is 23.7 Å². The lowest BCUT2D eigenvalue weighted by molar-refractivity contribution is 0.102. The third-order valence-electron chi connectivity index (χ3n) is 5.50. The molecule has 1 aliphatic rings. The van der Waals surface area contributed by atoms with Gasteiger partial charge in [-0.1, -0.05) is 6.07 Å². The number of hydrogen-bond donors (Lipinski definition) is 2. The minimum Gasteiger partial charge on any atom is -0.366 e. The number of benzene rings is 2. The van der Waals surface area contributed by atoms with Crippen LogP contribution in [0.15, 0.2) is 42.6 Å². The number of nitrogens with one attached hydrogen (secondary N) is 1. The Labute approximate surface area is 192 Å². The highest BCUT2D eigenvalue weighted by atomic mass is 32.1. The molecule has 1 unspecified atom stereocenters. The van der Waals surface area contributed by atoms with Crippen LogP contribution in [-0.4, -0.2) is 40.0 Å². The molecule has 0 aliphatic carbocycles. The number of halogens is 2. The van der Waals surface area contributed by atoms with E-state index in [1.807, 2.05) is 19.1 Å². The van der Waals surface area contributed by atoms with Gasteiger partial charge >= 0.3 is 0 Å². The van der Waals surface area contributed by atoms with E-state index in [1.54, 1.807) is 11.3 Å². The number of carbonyl (C=O) groups is 1. The first-order valence-corrected chi connectivity index (χ1v) is 11.2. The quantitative estimate of drug-likeness (QED) is 0.470. The predicted molar refractivity (Wildman–Crippen MR) is 124 cm³/mol.